The Kier molecular flexibility index (Phi) is 23.5. The van der Waals surface area contributed by atoms with E-state index in [1.165, 1.54) is 13.8 Å². The Bertz CT molecular complexity index is 2030. The fourth-order valence-corrected chi connectivity index (χ4v) is 10.7. The normalized spacial score (nSPS) is 51.3. The van der Waals surface area contributed by atoms with Crippen LogP contribution in [0.2, 0.25) is 0 Å². The largest absolute Gasteiger partial charge is 0.394 e. The Morgan fingerprint density at radius 2 is 0.610 bits per heavy atom. The third-order valence-corrected chi connectivity index (χ3v) is 15.3. The summed E-state index contributed by atoms with van der Waals surface area (Å²) in [5.74, 6) is -1.80. The van der Waals surface area contributed by atoms with E-state index in [2.05, 4.69) is 10.6 Å². The molecule has 0 radical (unpaired) electrons. The minimum absolute atomic E-state index is 0.892. The van der Waals surface area contributed by atoms with Crippen molar-refractivity contribution in [3.63, 3.8) is 0 Å². The number of hydrogen-bond donors (Lipinski definition) is 21. The van der Waals surface area contributed by atoms with E-state index in [9.17, 15) is 107 Å². The van der Waals surface area contributed by atoms with Crippen molar-refractivity contribution in [2.75, 3.05) is 33.0 Å². The standard InChI is InChI=1S/C46H78N2O34/c1-10-21(56)26(61)29(64)43(70-10)79-36-20(48-13(4)55)42(76-17(8-52)34(36)77-45-31(66)28(63)23(58)14(5-49)73-45)82-39-25(60)16(7-51)74-46(33(39)68)78-35-18(9-53)75-41(81-38-24(59)15(6-50)72-40(69)32(38)67)19(47-12(3)54)37(35)80-44-30(65)27(62)22(57)11(2)71-44/h10-11,14-46,49-53,56-69H,5-9H2,1-4H3,(H,47,54)(H,48,55)/t10-,11-,14+,15+,16+,17+,18+,19+,20+,21+,22+,23-,24+,25-,26+,27+,28-,29-,30-,31+,32+,33+,34+,35+,36+,37+,38-,39-,40+,41-,42-,43-,44-,45-,46-/m0/s1. The summed E-state index contributed by atoms with van der Waals surface area (Å²) < 4.78 is 76.8. The molecule has 36 nitrogen and oxygen atoms in total. The highest BCUT2D eigenvalue weighted by molar-refractivity contribution is 5.73. The SMILES string of the molecule is CC(=O)N[C@H]1[C@H](O[C@H]2[C@@H](O)[C@@H](CO)O[C@@H](O[C@H]3[C@H](O[C@@H]4O[C@@H](C)[C@@H](O)[C@@H](O)[C@@H]4O)[C@@H](NC(C)=O)[C@H](O[C@@H]4[C@@H](O)[C@H](O)O[C@H](CO)[C@H]4O)O[C@@H]3CO)[C@@H]2O)O[C@H](CO)[C@@H](O[C@@H]2O[C@H](CO)[C@H](O)[C@H](O)[C@H]2O)[C@@H]1O[C@@H]1O[C@@H](C)[C@@H](O)[C@@H](O)[C@@H]1O. The zero-order chi connectivity index (χ0) is 60.5. The highest BCUT2D eigenvalue weighted by Gasteiger charge is 2.60. The highest BCUT2D eigenvalue weighted by atomic mass is 16.8. The van der Waals surface area contributed by atoms with Gasteiger partial charge in [0.1, 0.15) is 159 Å². The number of aliphatic hydroxyl groups excluding tert-OH is 19. The Labute approximate surface area is 465 Å². The zero-order valence-electron chi connectivity index (χ0n) is 44.4. The fraction of sp³-hybridized carbons (Fsp3) is 0.957. The first-order valence-electron chi connectivity index (χ1n) is 26.3. The maximum Gasteiger partial charge on any atom is 0.217 e. The molecule has 82 heavy (non-hydrogen) atoms. The lowest BCUT2D eigenvalue weighted by atomic mass is 9.93. The molecule has 7 aliphatic heterocycles. The van der Waals surface area contributed by atoms with Gasteiger partial charge in [-0.1, -0.05) is 0 Å². The topological polar surface area (TPSA) is 563 Å². The number of aliphatic hydroxyl groups is 19. The van der Waals surface area contributed by atoms with E-state index in [4.69, 9.17) is 61.6 Å². The zero-order valence-corrected chi connectivity index (χ0v) is 44.4. The monoisotopic (exact) mass is 1200 g/mol. The van der Waals surface area contributed by atoms with Gasteiger partial charge in [-0.25, -0.2) is 0 Å². The molecule has 35 atom stereocenters. The van der Waals surface area contributed by atoms with Crippen molar-refractivity contribution >= 4 is 11.8 Å². The summed E-state index contributed by atoms with van der Waals surface area (Å²) in [5, 5.41) is 211. The molecule has 0 aliphatic carbocycles. The molecule has 0 aromatic carbocycles. The summed E-state index contributed by atoms with van der Waals surface area (Å²) in [6.45, 7) is -0.654. The van der Waals surface area contributed by atoms with Crippen LogP contribution in [0.25, 0.3) is 0 Å². The second kappa shape index (κ2) is 28.7. The molecule has 2 amide bonds. The van der Waals surface area contributed by atoms with Gasteiger partial charge in [-0.15, -0.1) is 0 Å². The molecular formula is C46H78N2O34. The molecule has 7 saturated heterocycles. The molecule has 476 valence electrons. The summed E-state index contributed by atoms with van der Waals surface area (Å²) in [6, 6.07) is -3.71. The van der Waals surface area contributed by atoms with Crippen LogP contribution in [0.1, 0.15) is 27.7 Å². The van der Waals surface area contributed by atoms with Crippen LogP contribution in [-0.2, 0) is 71.2 Å². The average molecular weight is 1200 g/mol. The van der Waals surface area contributed by atoms with Crippen LogP contribution in [-0.4, -0.2) is 357 Å². The first-order chi connectivity index (χ1) is 38.7. The van der Waals surface area contributed by atoms with Gasteiger partial charge in [0, 0.05) is 13.8 Å². The van der Waals surface area contributed by atoms with Crippen LogP contribution >= 0.6 is 0 Å². The molecule has 0 aromatic heterocycles. The van der Waals surface area contributed by atoms with E-state index in [-0.39, 0.29) is 0 Å². The third-order valence-electron chi connectivity index (χ3n) is 15.3. The van der Waals surface area contributed by atoms with Crippen molar-refractivity contribution in [1.82, 2.24) is 10.6 Å². The molecule has 36 heteroatoms. The molecule has 7 rings (SSSR count). The molecule has 7 aliphatic rings. The van der Waals surface area contributed by atoms with E-state index in [0.717, 1.165) is 13.8 Å². The Hall–Kier alpha value is -2.34. The van der Waals surface area contributed by atoms with E-state index >= 15 is 0 Å². The minimum Gasteiger partial charge on any atom is -0.394 e. The molecule has 0 unspecified atom stereocenters. The lowest BCUT2D eigenvalue weighted by molar-refractivity contribution is -0.397. The number of carbonyl (C=O) groups excluding carboxylic acids is 2. The van der Waals surface area contributed by atoms with Crippen LogP contribution in [0.3, 0.4) is 0 Å². The Morgan fingerprint density at radius 1 is 0.317 bits per heavy atom. The number of hydrogen-bond acceptors (Lipinski definition) is 34. The molecule has 21 N–H and O–H groups in total. The lowest BCUT2D eigenvalue weighted by Crippen LogP contribution is -2.72. The van der Waals surface area contributed by atoms with Gasteiger partial charge >= 0.3 is 0 Å². The number of nitrogens with one attached hydrogen (secondary N) is 2. The van der Waals surface area contributed by atoms with Crippen molar-refractivity contribution in [1.29, 1.82) is 0 Å². The van der Waals surface area contributed by atoms with Crippen LogP contribution in [0.15, 0.2) is 0 Å². The smallest absolute Gasteiger partial charge is 0.217 e. The summed E-state index contributed by atoms with van der Waals surface area (Å²) in [6.07, 6.45) is -63.4. The molecule has 0 bridgehead atoms. The van der Waals surface area contributed by atoms with Gasteiger partial charge in [-0.2, -0.15) is 0 Å². The average Bonchev–Trinajstić information content (AvgIpc) is 3.34. The number of carbonyl (C=O) groups is 2. The number of ether oxygens (including phenoxy) is 13. The van der Waals surface area contributed by atoms with E-state index in [1.54, 1.807) is 0 Å². The molecular weight excluding hydrogens is 1120 g/mol. The van der Waals surface area contributed by atoms with Gasteiger partial charge in [0.25, 0.3) is 0 Å². The van der Waals surface area contributed by atoms with Gasteiger partial charge in [0.15, 0.2) is 44.0 Å². The predicted octanol–water partition coefficient (Wildman–Crippen LogP) is -13.9. The van der Waals surface area contributed by atoms with E-state index < -0.39 is 260 Å². The minimum atomic E-state index is -2.36. The van der Waals surface area contributed by atoms with E-state index in [1.807, 2.05) is 0 Å². The molecule has 7 heterocycles. The van der Waals surface area contributed by atoms with Crippen molar-refractivity contribution in [3.8, 4) is 0 Å². The summed E-state index contributed by atoms with van der Waals surface area (Å²) in [5.41, 5.74) is 0. The van der Waals surface area contributed by atoms with Crippen molar-refractivity contribution in [2.45, 2.75) is 243 Å². The summed E-state index contributed by atoms with van der Waals surface area (Å²) in [4.78, 5) is 26.2. The van der Waals surface area contributed by atoms with Crippen LogP contribution < -0.4 is 10.6 Å². The molecule has 0 aromatic rings. The fourth-order valence-electron chi connectivity index (χ4n) is 10.7. The van der Waals surface area contributed by atoms with Crippen LogP contribution in [0.4, 0.5) is 0 Å². The van der Waals surface area contributed by atoms with Crippen molar-refractivity contribution in [3.05, 3.63) is 0 Å². The quantitative estimate of drug-likeness (QED) is 0.0571. The summed E-state index contributed by atoms with van der Waals surface area (Å²) in [7, 11) is 0. The van der Waals surface area contributed by atoms with Crippen molar-refractivity contribution in [2.24, 2.45) is 0 Å². The lowest BCUT2D eigenvalue weighted by Gasteiger charge is -2.52. The van der Waals surface area contributed by atoms with Crippen LogP contribution in [0, 0.1) is 0 Å². The predicted molar refractivity (Wildman–Crippen MR) is 252 cm³/mol. The first kappa shape index (κ1) is 67.2. The van der Waals surface area contributed by atoms with Gasteiger partial charge in [-0.05, 0) is 13.8 Å². The third kappa shape index (κ3) is 14.1. The van der Waals surface area contributed by atoms with Gasteiger partial charge < -0.3 is 169 Å². The van der Waals surface area contributed by atoms with Crippen LogP contribution in [0.5, 0.6) is 0 Å². The van der Waals surface area contributed by atoms with Gasteiger partial charge in [0.2, 0.25) is 11.8 Å². The van der Waals surface area contributed by atoms with Gasteiger partial charge in [-0.3, -0.25) is 9.59 Å². The molecule has 0 spiro atoms. The van der Waals surface area contributed by atoms with E-state index in [0.29, 0.717) is 0 Å². The second-order valence-electron chi connectivity index (χ2n) is 21.0. The summed E-state index contributed by atoms with van der Waals surface area (Å²) >= 11 is 0. The molecule has 7 fully saturated rings. The first-order valence-corrected chi connectivity index (χ1v) is 26.3. The van der Waals surface area contributed by atoms with Crippen molar-refractivity contribution < 1.29 is 168 Å². The number of amides is 2. The maximum atomic E-state index is 13.1. The molecule has 0 saturated carbocycles. The Balaban J connectivity index is 1.25. The van der Waals surface area contributed by atoms with Gasteiger partial charge in [0.05, 0.1) is 45.2 Å². The maximum absolute atomic E-state index is 13.1. The number of rotatable bonds is 19. The second-order valence-corrected chi connectivity index (χ2v) is 21.0. The highest BCUT2D eigenvalue weighted by Crippen LogP contribution is 2.39. The Morgan fingerprint density at radius 3 is 0.988 bits per heavy atom.